The zero-order chi connectivity index (χ0) is 22.5. The Morgan fingerprint density at radius 3 is 2.06 bits per heavy atom. The van der Waals surface area contributed by atoms with Gasteiger partial charge in [-0.25, -0.2) is 9.36 Å². The smallest absolute Gasteiger partial charge is 0.419 e. The summed E-state index contributed by atoms with van der Waals surface area (Å²) in [6, 6.07) is 23.8. The molecular weight excluding hydrogens is 430 g/mol. The second kappa shape index (κ2) is 9.58. The number of carbonyl (C=O) groups is 2. The summed E-state index contributed by atoms with van der Waals surface area (Å²) in [6.07, 6.45) is -0.715. The maximum absolute atomic E-state index is 12.9. The highest BCUT2D eigenvalue weighted by Gasteiger charge is 2.22. The van der Waals surface area contributed by atoms with Gasteiger partial charge in [0.2, 0.25) is 0 Å². The van der Waals surface area contributed by atoms with Crippen molar-refractivity contribution in [1.29, 1.82) is 0 Å². The Hall–Kier alpha value is -3.77. The lowest BCUT2D eigenvalue weighted by Gasteiger charge is -2.13. The van der Waals surface area contributed by atoms with E-state index in [1.165, 1.54) is 13.2 Å². The highest BCUT2D eigenvalue weighted by atomic mass is 35.5. The number of methoxy groups -OCH3 is 1. The number of rotatable bonds is 7. The van der Waals surface area contributed by atoms with Gasteiger partial charge in [-0.05, 0) is 34.9 Å². The van der Waals surface area contributed by atoms with Crippen LogP contribution in [0.1, 0.15) is 21.6 Å². The largest absolute Gasteiger partial charge is 0.493 e. The van der Waals surface area contributed by atoms with Crippen LogP contribution in [0.4, 0.5) is 4.79 Å². The molecule has 0 aliphatic carbocycles. The molecule has 6 nitrogen and oxygen atoms in total. The van der Waals surface area contributed by atoms with E-state index in [1.807, 2.05) is 60.7 Å². The number of fused-ring (bicyclic) bond motifs is 1. The van der Waals surface area contributed by atoms with Gasteiger partial charge in [-0.1, -0.05) is 60.7 Å². The van der Waals surface area contributed by atoms with E-state index in [9.17, 15) is 9.59 Å². The molecule has 0 fully saturated rings. The van der Waals surface area contributed by atoms with Crippen LogP contribution in [0.2, 0.25) is 0 Å². The average Bonchev–Trinajstić information content (AvgIpc) is 3.20. The minimum absolute atomic E-state index is 0.00184. The molecule has 1 aromatic heterocycles. The van der Waals surface area contributed by atoms with Crippen molar-refractivity contribution in [2.45, 2.75) is 13.2 Å². The fourth-order valence-electron chi connectivity index (χ4n) is 3.35. The molecule has 0 spiro atoms. The van der Waals surface area contributed by atoms with Crippen molar-refractivity contribution in [3.63, 3.8) is 0 Å². The van der Waals surface area contributed by atoms with E-state index in [2.05, 4.69) is 0 Å². The predicted molar refractivity (Wildman–Crippen MR) is 121 cm³/mol. The standard InChI is InChI=1S/C25H20ClNO5/c1-30-22-14-20-19(13-23(22)31-15-17-8-4-2-5-9-17)12-21(24(26)28)27(20)25(29)32-16-18-10-6-3-7-11-18/h2-14H,15-16H2,1H3. The number of nitrogens with zero attached hydrogens (tertiary/aromatic N) is 1. The molecule has 0 saturated carbocycles. The quantitative estimate of drug-likeness (QED) is 0.334. The van der Waals surface area contributed by atoms with Gasteiger partial charge in [-0.15, -0.1) is 0 Å². The molecule has 7 heteroatoms. The van der Waals surface area contributed by atoms with Crippen molar-refractivity contribution in [1.82, 2.24) is 4.57 Å². The Labute approximate surface area is 189 Å². The molecule has 0 saturated heterocycles. The fraction of sp³-hybridized carbons (Fsp3) is 0.120. The minimum atomic E-state index is -0.774. The van der Waals surface area contributed by atoms with E-state index in [-0.39, 0.29) is 12.3 Å². The fourth-order valence-corrected chi connectivity index (χ4v) is 3.49. The SMILES string of the molecule is COc1cc2c(cc1OCc1ccccc1)cc(C(=O)Cl)n2C(=O)OCc1ccccc1. The Balaban J connectivity index is 1.66. The first-order valence-electron chi connectivity index (χ1n) is 9.88. The summed E-state index contributed by atoms with van der Waals surface area (Å²) in [4.78, 5) is 24.9. The molecule has 0 bridgehead atoms. The van der Waals surface area contributed by atoms with Crippen LogP contribution in [0, 0.1) is 0 Å². The molecule has 0 N–H and O–H groups in total. The molecule has 0 unspecified atom stereocenters. The molecule has 3 aromatic carbocycles. The third-order valence-electron chi connectivity index (χ3n) is 4.91. The van der Waals surface area contributed by atoms with E-state index >= 15 is 0 Å². The average molecular weight is 450 g/mol. The van der Waals surface area contributed by atoms with E-state index in [4.69, 9.17) is 25.8 Å². The Morgan fingerprint density at radius 2 is 1.47 bits per heavy atom. The number of carbonyl (C=O) groups excluding carboxylic acids is 2. The number of halogens is 1. The monoisotopic (exact) mass is 449 g/mol. The summed E-state index contributed by atoms with van der Waals surface area (Å²) in [5.74, 6) is 0.893. The summed E-state index contributed by atoms with van der Waals surface area (Å²) in [5.41, 5.74) is 2.25. The topological polar surface area (TPSA) is 66.8 Å². The van der Waals surface area contributed by atoms with E-state index in [1.54, 1.807) is 12.1 Å². The molecule has 4 aromatic rings. The van der Waals surface area contributed by atoms with Crippen LogP contribution in [0.3, 0.4) is 0 Å². The molecular formula is C25H20ClNO5. The first-order chi connectivity index (χ1) is 15.6. The van der Waals surface area contributed by atoms with Crippen LogP contribution in [-0.2, 0) is 18.0 Å². The van der Waals surface area contributed by atoms with Gasteiger partial charge < -0.3 is 14.2 Å². The third kappa shape index (κ3) is 4.60. The second-order valence-electron chi connectivity index (χ2n) is 7.02. The molecule has 32 heavy (non-hydrogen) atoms. The number of benzene rings is 3. The molecule has 0 aliphatic rings. The van der Waals surface area contributed by atoms with Crippen molar-refractivity contribution in [3.8, 4) is 11.5 Å². The van der Waals surface area contributed by atoms with E-state index in [0.717, 1.165) is 15.7 Å². The number of hydrogen-bond acceptors (Lipinski definition) is 5. The number of aromatic nitrogens is 1. The zero-order valence-corrected chi connectivity index (χ0v) is 18.0. The van der Waals surface area contributed by atoms with Crippen LogP contribution >= 0.6 is 11.6 Å². The lowest BCUT2D eigenvalue weighted by Crippen LogP contribution is -2.17. The van der Waals surface area contributed by atoms with Gasteiger partial charge in [0.15, 0.2) is 11.5 Å². The number of hydrogen-bond donors (Lipinski definition) is 0. The van der Waals surface area contributed by atoms with Gasteiger partial charge >= 0.3 is 6.09 Å². The van der Waals surface area contributed by atoms with Crippen molar-refractivity contribution >= 4 is 33.8 Å². The molecule has 1 heterocycles. The maximum atomic E-state index is 12.9. The van der Waals surface area contributed by atoms with Gasteiger partial charge in [0.1, 0.15) is 18.9 Å². The van der Waals surface area contributed by atoms with Crippen LogP contribution in [0.15, 0.2) is 78.9 Å². The molecule has 0 atom stereocenters. The van der Waals surface area contributed by atoms with E-state index < -0.39 is 11.3 Å². The molecule has 0 amide bonds. The number of ether oxygens (including phenoxy) is 3. The van der Waals surface area contributed by atoms with Crippen LogP contribution in [0.25, 0.3) is 10.9 Å². The Kier molecular flexibility index (Phi) is 6.42. The highest BCUT2D eigenvalue weighted by Crippen LogP contribution is 2.35. The van der Waals surface area contributed by atoms with Crippen LogP contribution in [0.5, 0.6) is 11.5 Å². The zero-order valence-electron chi connectivity index (χ0n) is 17.3. The highest BCUT2D eigenvalue weighted by molar-refractivity contribution is 6.67. The first-order valence-corrected chi connectivity index (χ1v) is 10.3. The lowest BCUT2D eigenvalue weighted by atomic mass is 10.2. The van der Waals surface area contributed by atoms with Crippen molar-refractivity contribution in [2.24, 2.45) is 0 Å². The first kappa shape index (κ1) is 21.5. The molecule has 0 aliphatic heterocycles. The van der Waals surface area contributed by atoms with Gasteiger partial charge in [0.25, 0.3) is 5.24 Å². The Bertz CT molecular complexity index is 1250. The Morgan fingerprint density at radius 1 is 0.844 bits per heavy atom. The predicted octanol–water partition coefficient (Wildman–Crippen LogP) is 5.79. The summed E-state index contributed by atoms with van der Waals surface area (Å²) in [7, 11) is 1.51. The van der Waals surface area contributed by atoms with Crippen LogP contribution < -0.4 is 9.47 Å². The van der Waals surface area contributed by atoms with Crippen molar-refractivity contribution in [3.05, 3.63) is 95.7 Å². The summed E-state index contributed by atoms with van der Waals surface area (Å²) >= 11 is 5.77. The third-order valence-corrected chi connectivity index (χ3v) is 5.11. The van der Waals surface area contributed by atoms with Gasteiger partial charge in [0.05, 0.1) is 12.6 Å². The summed E-state index contributed by atoms with van der Waals surface area (Å²) in [6.45, 7) is 0.397. The molecule has 0 radical (unpaired) electrons. The normalized spacial score (nSPS) is 10.7. The second-order valence-corrected chi connectivity index (χ2v) is 7.36. The van der Waals surface area contributed by atoms with Gasteiger partial charge in [-0.2, -0.15) is 0 Å². The van der Waals surface area contributed by atoms with Gasteiger partial charge in [-0.3, -0.25) is 4.79 Å². The maximum Gasteiger partial charge on any atom is 0.419 e. The lowest BCUT2D eigenvalue weighted by molar-refractivity contribution is 0.106. The van der Waals surface area contributed by atoms with Crippen LogP contribution in [-0.4, -0.2) is 23.0 Å². The minimum Gasteiger partial charge on any atom is -0.493 e. The van der Waals surface area contributed by atoms with E-state index in [0.29, 0.717) is 29.0 Å². The van der Waals surface area contributed by atoms with Gasteiger partial charge in [0, 0.05) is 11.5 Å². The van der Waals surface area contributed by atoms with Crippen molar-refractivity contribution in [2.75, 3.05) is 7.11 Å². The summed E-state index contributed by atoms with van der Waals surface area (Å²) in [5, 5.41) is -0.182. The summed E-state index contributed by atoms with van der Waals surface area (Å²) < 4.78 is 18.0. The molecule has 162 valence electrons. The van der Waals surface area contributed by atoms with Crippen molar-refractivity contribution < 1.29 is 23.8 Å². The molecule has 4 rings (SSSR count).